The first-order chi connectivity index (χ1) is 11.9. The van der Waals surface area contributed by atoms with Crippen molar-refractivity contribution in [3.8, 4) is 0 Å². The summed E-state index contributed by atoms with van der Waals surface area (Å²) in [5.74, 6) is 0.792. The van der Waals surface area contributed by atoms with Crippen LogP contribution in [-0.2, 0) is 10.5 Å². The smallest absolute Gasteiger partial charge is 0.258 e. The van der Waals surface area contributed by atoms with Gasteiger partial charge in [0.2, 0.25) is 5.91 Å². The summed E-state index contributed by atoms with van der Waals surface area (Å²) in [5.41, 5.74) is 4.58. The van der Waals surface area contributed by atoms with E-state index in [1.807, 2.05) is 38.3 Å². The summed E-state index contributed by atoms with van der Waals surface area (Å²) in [6.45, 7) is 5.90. The molecule has 0 atom stereocenters. The molecule has 0 aliphatic carbocycles. The minimum absolute atomic E-state index is 0.0558. The van der Waals surface area contributed by atoms with Crippen LogP contribution in [0.15, 0.2) is 34.4 Å². The van der Waals surface area contributed by atoms with Crippen LogP contribution >= 0.6 is 23.1 Å². The van der Waals surface area contributed by atoms with Crippen molar-refractivity contribution in [3.63, 3.8) is 0 Å². The SMILES string of the molecule is Cc1cc(C)cc(NC(=O)CSCc2cc(=O)n3c(C)csc3n2)c1. The van der Waals surface area contributed by atoms with E-state index in [9.17, 15) is 9.59 Å². The monoisotopic (exact) mass is 373 g/mol. The quantitative estimate of drug-likeness (QED) is 0.743. The first kappa shape index (κ1) is 17.7. The van der Waals surface area contributed by atoms with Gasteiger partial charge < -0.3 is 5.32 Å². The molecule has 3 aromatic rings. The second-order valence-corrected chi connectivity index (χ2v) is 7.82. The first-order valence-corrected chi connectivity index (χ1v) is 9.88. The van der Waals surface area contributed by atoms with Gasteiger partial charge in [-0.05, 0) is 44.0 Å². The summed E-state index contributed by atoms with van der Waals surface area (Å²) in [6, 6.07) is 7.51. The lowest BCUT2D eigenvalue weighted by atomic mass is 10.1. The van der Waals surface area contributed by atoms with Crippen LogP contribution in [0.4, 0.5) is 5.69 Å². The molecule has 0 saturated carbocycles. The average molecular weight is 374 g/mol. The highest BCUT2D eigenvalue weighted by Gasteiger charge is 2.08. The Morgan fingerprint density at radius 1 is 1.20 bits per heavy atom. The number of anilines is 1. The van der Waals surface area contributed by atoms with Crippen LogP contribution in [-0.4, -0.2) is 21.0 Å². The van der Waals surface area contributed by atoms with Gasteiger partial charge in [0.05, 0.1) is 11.4 Å². The topological polar surface area (TPSA) is 63.5 Å². The van der Waals surface area contributed by atoms with Crippen molar-refractivity contribution < 1.29 is 4.79 Å². The lowest BCUT2D eigenvalue weighted by Gasteiger charge is -2.07. The predicted molar refractivity (Wildman–Crippen MR) is 105 cm³/mol. The van der Waals surface area contributed by atoms with Gasteiger partial charge in [0, 0.05) is 28.6 Å². The molecule has 1 aromatic carbocycles. The van der Waals surface area contributed by atoms with Crippen molar-refractivity contribution in [2.45, 2.75) is 26.5 Å². The fourth-order valence-corrected chi connectivity index (χ4v) is 4.27. The zero-order valence-corrected chi connectivity index (χ0v) is 16.0. The number of carbonyl (C=O) groups excluding carboxylic acids is 1. The van der Waals surface area contributed by atoms with E-state index in [4.69, 9.17) is 0 Å². The van der Waals surface area contributed by atoms with Gasteiger partial charge in [-0.2, -0.15) is 0 Å². The fourth-order valence-electron chi connectivity index (χ4n) is 2.67. The Balaban J connectivity index is 1.59. The number of amides is 1. The van der Waals surface area contributed by atoms with E-state index >= 15 is 0 Å². The third kappa shape index (κ3) is 4.29. The Kier molecular flexibility index (Phi) is 5.24. The molecule has 0 fully saturated rings. The Bertz CT molecular complexity index is 971. The highest BCUT2D eigenvalue weighted by Crippen LogP contribution is 2.16. The fraction of sp³-hybridized carbons (Fsp3) is 0.278. The molecule has 0 radical (unpaired) electrons. The Morgan fingerprint density at radius 2 is 1.92 bits per heavy atom. The molecule has 1 N–H and O–H groups in total. The maximum absolute atomic E-state index is 12.1. The summed E-state index contributed by atoms with van der Waals surface area (Å²) in [7, 11) is 0. The molecule has 2 aromatic heterocycles. The number of aryl methyl sites for hydroxylation is 3. The molecule has 3 rings (SSSR count). The molecule has 0 bridgehead atoms. The van der Waals surface area contributed by atoms with Gasteiger partial charge in [-0.3, -0.25) is 14.0 Å². The molecule has 0 saturated heterocycles. The van der Waals surface area contributed by atoms with Crippen LogP contribution in [0.3, 0.4) is 0 Å². The number of benzene rings is 1. The normalized spacial score (nSPS) is 11.0. The van der Waals surface area contributed by atoms with E-state index in [2.05, 4.69) is 16.4 Å². The zero-order chi connectivity index (χ0) is 18.0. The van der Waals surface area contributed by atoms with Gasteiger partial charge >= 0.3 is 0 Å². The maximum Gasteiger partial charge on any atom is 0.258 e. The number of thioether (sulfide) groups is 1. The van der Waals surface area contributed by atoms with E-state index in [-0.39, 0.29) is 11.5 Å². The second-order valence-electron chi connectivity index (χ2n) is 6.00. The van der Waals surface area contributed by atoms with E-state index in [1.165, 1.54) is 23.1 Å². The lowest BCUT2D eigenvalue weighted by molar-refractivity contribution is -0.113. The number of fused-ring (bicyclic) bond motifs is 1. The number of hydrogen-bond acceptors (Lipinski definition) is 5. The molecular weight excluding hydrogens is 354 g/mol. The van der Waals surface area contributed by atoms with Gasteiger partial charge in [-0.15, -0.1) is 23.1 Å². The molecule has 2 heterocycles. The van der Waals surface area contributed by atoms with Gasteiger partial charge in [-0.1, -0.05) is 6.07 Å². The van der Waals surface area contributed by atoms with Crippen LogP contribution in [0.2, 0.25) is 0 Å². The summed E-state index contributed by atoms with van der Waals surface area (Å²) in [6.07, 6.45) is 0. The molecule has 7 heteroatoms. The maximum atomic E-state index is 12.1. The Morgan fingerprint density at radius 3 is 2.64 bits per heavy atom. The summed E-state index contributed by atoms with van der Waals surface area (Å²) < 4.78 is 1.60. The Hall–Kier alpha value is -2.12. The summed E-state index contributed by atoms with van der Waals surface area (Å²) in [5, 5.41) is 4.82. The van der Waals surface area contributed by atoms with Crippen LogP contribution in [0.25, 0.3) is 4.96 Å². The number of rotatable bonds is 5. The molecule has 0 unspecified atom stereocenters. The zero-order valence-electron chi connectivity index (χ0n) is 14.3. The molecule has 130 valence electrons. The third-order valence-electron chi connectivity index (χ3n) is 3.62. The summed E-state index contributed by atoms with van der Waals surface area (Å²) in [4.78, 5) is 29.4. The number of aromatic nitrogens is 2. The highest BCUT2D eigenvalue weighted by atomic mass is 32.2. The number of carbonyl (C=O) groups is 1. The van der Waals surface area contributed by atoms with Crippen molar-refractivity contribution in [1.82, 2.24) is 9.38 Å². The minimum atomic E-state index is -0.0703. The second kappa shape index (κ2) is 7.41. The molecule has 25 heavy (non-hydrogen) atoms. The largest absolute Gasteiger partial charge is 0.325 e. The van der Waals surface area contributed by atoms with Crippen LogP contribution in [0.1, 0.15) is 22.5 Å². The standard InChI is InChI=1S/C18H19N3O2S2/c1-11-4-12(2)6-14(5-11)19-16(22)10-24-9-15-7-17(23)21-13(3)8-25-18(21)20-15/h4-8H,9-10H2,1-3H3,(H,19,22). The average Bonchev–Trinajstić information content (AvgIpc) is 2.88. The minimum Gasteiger partial charge on any atom is -0.325 e. The lowest BCUT2D eigenvalue weighted by Crippen LogP contribution is -2.16. The van der Waals surface area contributed by atoms with Crippen molar-refractivity contribution in [1.29, 1.82) is 0 Å². The highest BCUT2D eigenvalue weighted by molar-refractivity contribution is 7.99. The van der Waals surface area contributed by atoms with Crippen molar-refractivity contribution in [2.75, 3.05) is 11.1 Å². The number of nitrogens with one attached hydrogen (secondary N) is 1. The third-order valence-corrected chi connectivity index (χ3v) is 5.53. The van der Waals surface area contributed by atoms with Crippen molar-refractivity contribution in [3.05, 3.63) is 62.5 Å². The molecule has 1 amide bonds. The van der Waals surface area contributed by atoms with Crippen molar-refractivity contribution >= 4 is 39.7 Å². The summed E-state index contributed by atoms with van der Waals surface area (Å²) >= 11 is 2.90. The first-order valence-electron chi connectivity index (χ1n) is 7.85. The van der Waals surface area contributed by atoms with E-state index < -0.39 is 0 Å². The van der Waals surface area contributed by atoms with Gasteiger partial charge in [0.1, 0.15) is 0 Å². The molecule has 0 aliphatic rings. The number of nitrogens with zero attached hydrogens (tertiary/aromatic N) is 2. The predicted octanol–water partition coefficient (Wildman–Crippen LogP) is 3.55. The van der Waals surface area contributed by atoms with E-state index in [1.54, 1.807) is 10.5 Å². The Labute approximate surface area is 154 Å². The van der Waals surface area contributed by atoms with E-state index in [0.717, 1.165) is 22.5 Å². The van der Waals surface area contributed by atoms with Crippen LogP contribution in [0.5, 0.6) is 0 Å². The van der Waals surface area contributed by atoms with Crippen molar-refractivity contribution in [2.24, 2.45) is 0 Å². The number of thiazole rings is 1. The van der Waals surface area contributed by atoms with Gasteiger partial charge in [-0.25, -0.2) is 4.98 Å². The van der Waals surface area contributed by atoms with Gasteiger partial charge in [0.25, 0.3) is 5.56 Å². The molecule has 0 spiro atoms. The molecule has 0 aliphatic heterocycles. The van der Waals surface area contributed by atoms with E-state index in [0.29, 0.717) is 22.2 Å². The molecule has 5 nitrogen and oxygen atoms in total. The molecular formula is C18H19N3O2S2. The van der Waals surface area contributed by atoms with Crippen LogP contribution in [0, 0.1) is 20.8 Å². The number of hydrogen-bond donors (Lipinski definition) is 1. The van der Waals surface area contributed by atoms with Crippen LogP contribution < -0.4 is 10.9 Å². The van der Waals surface area contributed by atoms with Gasteiger partial charge in [0.15, 0.2) is 4.96 Å².